The molecule has 202 valence electrons. The molecule has 5 unspecified atom stereocenters. The summed E-state index contributed by atoms with van der Waals surface area (Å²) in [5.41, 5.74) is 6.98. The Hall–Kier alpha value is -4.27. The molecule has 0 saturated carbocycles. The van der Waals surface area contributed by atoms with Crippen LogP contribution in [-0.4, -0.2) is 84.0 Å². The third-order valence-corrected chi connectivity index (χ3v) is 5.78. The van der Waals surface area contributed by atoms with Gasteiger partial charge in [-0.3, -0.25) is 19.2 Å². The summed E-state index contributed by atoms with van der Waals surface area (Å²) in [4.78, 5) is 74.8. The molecule has 9 N–H and O–H groups in total. The third-order valence-electron chi connectivity index (χ3n) is 5.78. The van der Waals surface area contributed by atoms with Crippen molar-refractivity contribution in [1.82, 2.24) is 35.9 Å². The molecule has 5 atom stereocenters. The maximum atomic E-state index is 13.3. The van der Waals surface area contributed by atoms with Crippen LogP contribution in [0.15, 0.2) is 25.0 Å². The quantitative estimate of drug-likeness (QED) is 0.132. The number of carbonyl (C=O) groups excluding carboxylic acids is 3. The predicted octanol–water partition coefficient (Wildman–Crippen LogP) is -1.69. The molecule has 15 nitrogen and oxygen atoms in total. The van der Waals surface area contributed by atoms with Crippen molar-refractivity contribution in [3.8, 4) is 0 Å². The van der Waals surface area contributed by atoms with E-state index >= 15 is 0 Å². The van der Waals surface area contributed by atoms with Gasteiger partial charge < -0.3 is 41.9 Å². The Kier molecular flexibility index (Phi) is 10.7. The number of nitrogens with two attached hydrogens (primary N) is 1. The van der Waals surface area contributed by atoms with Crippen LogP contribution < -0.4 is 21.7 Å². The molecular weight excluding hydrogens is 488 g/mol. The number of nitrogens with zero attached hydrogens (tertiary/aromatic N) is 2. The highest BCUT2D eigenvalue weighted by molar-refractivity contribution is 5.94. The first kappa shape index (κ1) is 29.0. The first-order valence-corrected chi connectivity index (χ1v) is 11.6. The Labute approximate surface area is 212 Å². The highest BCUT2D eigenvalue weighted by Crippen LogP contribution is 2.08. The van der Waals surface area contributed by atoms with Crippen molar-refractivity contribution in [2.45, 2.75) is 63.7 Å². The standard InChI is InChI=1S/C22H32N8O7/c1-3-11(2)18(23)21(35)29-15(5-13-8-25-10-27-13)19(33)28-14(4-12-7-24-9-26-12)20(34)30-16(22(36)37)6-17(31)32/h7-11,14-16,18H,3-6,23H2,1-2H3,(H,24,26)(H,25,27)(H,28,33)(H,29,35)(H,30,34)(H,31,32)(H,36,37). The van der Waals surface area contributed by atoms with Gasteiger partial charge in [0.15, 0.2) is 0 Å². The largest absolute Gasteiger partial charge is 0.481 e. The molecule has 0 aliphatic heterocycles. The maximum Gasteiger partial charge on any atom is 0.326 e. The Morgan fingerprint density at radius 2 is 1.32 bits per heavy atom. The molecule has 0 aromatic carbocycles. The maximum absolute atomic E-state index is 13.3. The molecule has 2 aromatic rings. The normalized spacial score (nSPS) is 15.0. The zero-order valence-corrected chi connectivity index (χ0v) is 20.4. The highest BCUT2D eigenvalue weighted by Gasteiger charge is 2.32. The van der Waals surface area contributed by atoms with Gasteiger partial charge >= 0.3 is 11.9 Å². The van der Waals surface area contributed by atoms with Gasteiger partial charge in [0.1, 0.15) is 18.1 Å². The van der Waals surface area contributed by atoms with Gasteiger partial charge in [0.2, 0.25) is 17.7 Å². The van der Waals surface area contributed by atoms with Crippen LogP contribution in [0.3, 0.4) is 0 Å². The first-order valence-electron chi connectivity index (χ1n) is 11.6. The summed E-state index contributed by atoms with van der Waals surface area (Å²) in [7, 11) is 0. The van der Waals surface area contributed by atoms with E-state index in [1.54, 1.807) is 6.92 Å². The lowest BCUT2D eigenvalue weighted by Gasteiger charge is -2.25. The second-order valence-electron chi connectivity index (χ2n) is 8.59. The average Bonchev–Trinajstić information content (AvgIpc) is 3.55. The van der Waals surface area contributed by atoms with Crippen LogP contribution in [0, 0.1) is 5.92 Å². The van der Waals surface area contributed by atoms with Crippen LogP contribution in [-0.2, 0) is 36.8 Å². The Morgan fingerprint density at radius 1 is 0.865 bits per heavy atom. The lowest BCUT2D eigenvalue weighted by molar-refractivity contribution is -0.147. The van der Waals surface area contributed by atoms with Crippen molar-refractivity contribution in [2.24, 2.45) is 11.7 Å². The number of imidazole rings is 2. The molecule has 0 saturated heterocycles. The Bertz CT molecular complexity index is 1060. The SMILES string of the molecule is CCC(C)C(N)C(=O)NC(Cc1cnc[nH]1)C(=O)NC(Cc1cnc[nH]1)C(=O)NC(CC(=O)O)C(=O)O. The van der Waals surface area contributed by atoms with Crippen LogP contribution in [0.5, 0.6) is 0 Å². The number of aromatic amines is 2. The third kappa shape index (κ3) is 9.03. The number of carboxylic acid groups (broad SMARTS) is 2. The van der Waals surface area contributed by atoms with Gasteiger partial charge in [-0.2, -0.15) is 0 Å². The molecule has 0 radical (unpaired) electrons. The minimum absolute atomic E-state index is 0.0000387. The molecule has 2 heterocycles. The number of H-pyrrole nitrogens is 2. The summed E-state index contributed by atoms with van der Waals surface area (Å²) < 4.78 is 0. The highest BCUT2D eigenvalue weighted by atomic mass is 16.4. The molecule has 15 heteroatoms. The second-order valence-corrected chi connectivity index (χ2v) is 8.59. The molecule has 2 rings (SSSR count). The number of aliphatic carboxylic acids is 2. The number of aromatic nitrogens is 4. The second kappa shape index (κ2) is 13.7. The number of nitrogens with one attached hydrogen (secondary N) is 5. The van der Waals surface area contributed by atoms with Crippen LogP contribution in [0.1, 0.15) is 38.1 Å². The van der Waals surface area contributed by atoms with Crippen LogP contribution in [0.25, 0.3) is 0 Å². The van der Waals surface area contributed by atoms with E-state index in [-0.39, 0.29) is 18.8 Å². The summed E-state index contributed by atoms with van der Waals surface area (Å²) >= 11 is 0. The van der Waals surface area contributed by atoms with E-state index in [0.717, 1.165) is 0 Å². The number of rotatable bonds is 15. The molecule has 2 aromatic heterocycles. The van der Waals surface area contributed by atoms with E-state index in [9.17, 15) is 29.1 Å². The zero-order chi connectivity index (χ0) is 27.5. The van der Waals surface area contributed by atoms with Crippen LogP contribution >= 0.6 is 0 Å². The Balaban J connectivity index is 2.25. The predicted molar refractivity (Wildman–Crippen MR) is 128 cm³/mol. The van der Waals surface area contributed by atoms with E-state index in [1.165, 1.54) is 25.0 Å². The van der Waals surface area contributed by atoms with Crippen molar-refractivity contribution in [1.29, 1.82) is 0 Å². The van der Waals surface area contributed by atoms with Gasteiger partial charge in [-0.05, 0) is 5.92 Å². The topological polar surface area (TPSA) is 245 Å². The van der Waals surface area contributed by atoms with Gasteiger partial charge in [-0.1, -0.05) is 20.3 Å². The minimum atomic E-state index is -1.72. The molecule has 3 amide bonds. The van der Waals surface area contributed by atoms with E-state index in [0.29, 0.717) is 17.8 Å². The van der Waals surface area contributed by atoms with E-state index < -0.39 is 60.2 Å². The van der Waals surface area contributed by atoms with Crippen LogP contribution in [0.4, 0.5) is 0 Å². The van der Waals surface area contributed by atoms with E-state index in [2.05, 4.69) is 35.9 Å². The molecule has 37 heavy (non-hydrogen) atoms. The zero-order valence-electron chi connectivity index (χ0n) is 20.4. The van der Waals surface area contributed by atoms with Crippen molar-refractivity contribution in [3.05, 3.63) is 36.4 Å². The van der Waals surface area contributed by atoms with Gasteiger partial charge in [0.05, 0.1) is 25.1 Å². The summed E-state index contributed by atoms with van der Waals surface area (Å²) in [6.45, 7) is 3.68. The van der Waals surface area contributed by atoms with Crippen molar-refractivity contribution < 1.29 is 34.2 Å². The summed E-state index contributed by atoms with van der Waals surface area (Å²) in [6, 6.07) is -5.08. The fourth-order valence-electron chi connectivity index (χ4n) is 3.35. The number of carboxylic acids is 2. The number of amides is 3. The fraction of sp³-hybridized carbons (Fsp3) is 0.500. The fourth-order valence-corrected chi connectivity index (χ4v) is 3.35. The van der Waals surface area contributed by atoms with Crippen molar-refractivity contribution in [3.63, 3.8) is 0 Å². The average molecular weight is 521 g/mol. The molecule has 0 fully saturated rings. The van der Waals surface area contributed by atoms with Crippen molar-refractivity contribution in [2.75, 3.05) is 0 Å². The summed E-state index contributed by atoms with van der Waals surface area (Å²) in [6.07, 6.45) is 5.30. The lowest BCUT2D eigenvalue weighted by atomic mass is 9.98. The Morgan fingerprint density at radius 3 is 1.70 bits per heavy atom. The van der Waals surface area contributed by atoms with Gasteiger partial charge in [0, 0.05) is 36.6 Å². The van der Waals surface area contributed by atoms with Gasteiger partial charge in [-0.15, -0.1) is 0 Å². The van der Waals surface area contributed by atoms with Gasteiger partial charge in [-0.25, -0.2) is 14.8 Å². The summed E-state index contributed by atoms with van der Waals surface area (Å²) in [5, 5.41) is 25.5. The van der Waals surface area contributed by atoms with E-state index in [4.69, 9.17) is 10.8 Å². The molecule has 0 bridgehead atoms. The number of carbonyl (C=O) groups is 5. The van der Waals surface area contributed by atoms with Crippen LogP contribution in [0.2, 0.25) is 0 Å². The molecular formula is C22H32N8O7. The number of hydrogen-bond donors (Lipinski definition) is 8. The molecule has 0 aliphatic carbocycles. The van der Waals surface area contributed by atoms with E-state index in [1.807, 2.05) is 6.92 Å². The monoisotopic (exact) mass is 520 g/mol. The number of hydrogen-bond acceptors (Lipinski definition) is 8. The van der Waals surface area contributed by atoms with Gasteiger partial charge in [0.25, 0.3) is 0 Å². The first-order chi connectivity index (χ1) is 17.5. The lowest BCUT2D eigenvalue weighted by Crippen LogP contribution is -2.58. The molecule has 0 aliphatic rings. The minimum Gasteiger partial charge on any atom is -0.481 e. The summed E-state index contributed by atoms with van der Waals surface area (Å²) in [5.74, 6) is -5.37. The molecule has 0 spiro atoms. The van der Waals surface area contributed by atoms with Crippen molar-refractivity contribution >= 4 is 29.7 Å². The smallest absolute Gasteiger partial charge is 0.326 e.